The fourth-order valence-electron chi connectivity index (χ4n) is 5.79. The first-order valence-electron chi connectivity index (χ1n) is 6.75. The average Bonchev–Trinajstić information content (AvgIpc) is 2.98. The fourth-order valence-corrected chi connectivity index (χ4v) is 5.79. The number of carbonyl (C=O) groups is 1. The summed E-state index contributed by atoms with van der Waals surface area (Å²) in [6, 6.07) is 0. The summed E-state index contributed by atoms with van der Waals surface area (Å²) in [6.45, 7) is 0. The van der Waals surface area contributed by atoms with Crippen molar-refractivity contribution in [2.75, 3.05) is 0 Å². The van der Waals surface area contributed by atoms with Crippen molar-refractivity contribution in [1.82, 2.24) is 0 Å². The molecule has 5 rings (SSSR count). The van der Waals surface area contributed by atoms with Crippen molar-refractivity contribution in [2.24, 2.45) is 47.3 Å². The number of rotatable bonds is 0. The number of carbonyl (C=O) groups excluding carboxylic acids is 1. The third-order valence-electron chi connectivity index (χ3n) is 6.14. The minimum Gasteiger partial charge on any atom is -0.299 e. The molecule has 0 amide bonds. The average molecular weight is 212 g/mol. The highest BCUT2D eigenvalue weighted by molar-refractivity contribution is 5.89. The van der Waals surface area contributed by atoms with E-state index in [9.17, 15) is 4.79 Å². The molecule has 0 N–H and O–H groups in total. The maximum absolute atomic E-state index is 12.6. The minimum absolute atomic E-state index is 0.426. The molecular weight excluding hydrogens is 196 g/mol. The Hall–Kier alpha value is -0.850. The lowest BCUT2D eigenvalue weighted by Crippen LogP contribution is -2.24. The molecule has 3 fully saturated rings. The first kappa shape index (κ1) is 8.27. The summed E-state index contributed by atoms with van der Waals surface area (Å²) in [5.41, 5.74) is 0. The van der Waals surface area contributed by atoms with Crippen LogP contribution in [0.1, 0.15) is 12.8 Å². The molecule has 0 aromatic heterocycles. The molecule has 6 unspecified atom stereocenters. The van der Waals surface area contributed by atoms with Crippen molar-refractivity contribution in [2.45, 2.75) is 12.8 Å². The lowest BCUT2D eigenvalue weighted by Gasteiger charge is -2.28. The summed E-state index contributed by atoms with van der Waals surface area (Å²) in [4.78, 5) is 12.6. The second-order valence-corrected chi connectivity index (χ2v) is 6.51. The van der Waals surface area contributed by atoms with Gasteiger partial charge >= 0.3 is 0 Å². The van der Waals surface area contributed by atoms with Gasteiger partial charge in [-0.05, 0) is 48.3 Å². The third kappa shape index (κ3) is 0.687. The molecule has 5 aliphatic rings. The van der Waals surface area contributed by atoms with Gasteiger partial charge in [0.05, 0.1) is 0 Å². The van der Waals surface area contributed by atoms with Crippen molar-refractivity contribution < 1.29 is 4.79 Å². The number of hydrogen-bond donors (Lipinski definition) is 0. The van der Waals surface area contributed by atoms with Crippen molar-refractivity contribution >= 4 is 5.78 Å². The quantitative estimate of drug-likeness (QED) is 0.564. The zero-order chi connectivity index (χ0) is 10.4. The van der Waals surface area contributed by atoms with E-state index in [4.69, 9.17) is 0 Å². The second-order valence-electron chi connectivity index (χ2n) is 6.51. The number of fused-ring (bicyclic) bond motifs is 11. The summed E-state index contributed by atoms with van der Waals surface area (Å²) in [6.07, 6.45) is 12.1. The number of allylic oxidation sites excluding steroid dienone is 4. The van der Waals surface area contributed by atoms with E-state index in [2.05, 4.69) is 24.3 Å². The van der Waals surface area contributed by atoms with Gasteiger partial charge in [0.2, 0.25) is 0 Å². The minimum atomic E-state index is 0.426. The Labute approximate surface area is 95.6 Å². The van der Waals surface area contributed by atoms with Crippen molar-refractivity contribution in [3.8, 4) is 0 Å². The molecule has 0 aromatic rings. The van der Waals surface area contributed by atoms with Crippen LogP contribution in [0.25, 0.3) is 0 Å². The predicted molar refractivity (Wildman–Crippen MR) is 60.4 cm³/mol. The molecule has 5 aliphatic carbocycles. The van der Waals surface area contributed by atoms with Crippen LogP contribution in [-0.4, -0.2) is 5.78 Å². The van der Waals surface area contributed by atoms with Crippen LogP contribution in [0.5, 0.6) is 0 Å². The smallest absolute Gasteiger partial charge is 0.140 e. The molecule has 8 atom stereocenters. The highest BCUT2D eigenvalue weighted by atomic mass is 16.1. The summed E-state index contributed by atoms with van der Waals surface area (Å²) in [5, 5.41) is 0. The molecule has 0 aromatic carbocycles. The summed E-state index contributed by atoms with van der Waals surface area (Å²) >= 11 is 0. The first-order valence-corrected chi connectivity index (χ1v) is 6.75. The Kier molecular flexibility index (Phi) is 1.22. The van der Waals surface area contributed by atoms with Crippen molar-refractivity contribution in [3.63, 3.8) is 0 Å². The Bertz CT molecular complexity index is 406. The predicted octanol–water partition coefficient (Wildman–Crippen LogP) is 2.45. The van der Waals surface area contributed by atoms with E-state index in [1.165, 1.54) is 12.8 Å². The molecule has 4 bridgehead atoms. The van der Waals surface area contributed by atoms with Gasteiger partial charge in [-0.1, -0.05) is 24.3 Å². The van der Waals surface area contributed by atoms with Crippen LogP contribution in [0.3, 0.4) is 0 Å². The van der Waals surface area contributed by atoms with Crippen LogP contribution in [0.15, 0.2) is 24.3 Å². The zero-order valence-corrected chi connectivity index (χ0v) is 9.25. The maximum atomic E-state index is 12.6. The standard InChI is InChI=1S/C15H16O/c16-15-13-9-3-1-7(5-9)11(13)12-8-2-4-10(6-8)14(12)15/h1-4,7-14H,5-6H2/t7?,8?,9?,10?,11-,12+,13?,14?. The summed E-state index contributed by atoms with van der Waals surface area (Å²) in [5.74, 6) is 5.69. The van der Waals surface area contributed by atoms with E-state index in [1.807, 2.05) is 0 Å². The van der Waals surface area contributed by atoms with Gasteiger partial charge < -0.3 is 0 Å². The molecule has 1 heteroatoms. The van der Waals surface area contributed by atoms with E-state index < -0.39 is 0 Å². The molecule has 0 spiro atoms. The van der Waals surface area contributed by atoms with E-state index >= 15 is 0 Å². The molecule has 3 saturated carbocycles. The van der Waals surface area contributed by atoms with Gasteiger partial charge in [0.25, 0.3) is 0 Å². The van der Waals surface area contributed by atoms with Crippen LogP contribution in [0, 0.1) is 47.3 Å². The first-order chi connectivity index (χ1) is 7.84. The SMILES string of the molecule is O=C1C2C3C=CC(C3)[C@H]2[C@H]2C3C=CC(C3)C12. The molecule has 0 aliphatic heterocycles. The van der Waals surface area contributed by atoms with Gasteiger partial charge in [-0.15, -0.1) is 0 Å². The Morgan fingerprint density at radius 1 is 0.750 bits per heavy atom. The van der Waals surface area contributed by atoms with Crippen LogP contribution < -0.4 is 0 Å². The van der Waals surface area contributed by atoms with E-state index in [0.717, 1.165) is 23.7 Å². The van der Waals surface area contributed by atoms with Crippen molar-refractivity contribution in [3.05, 3.63) is 24.3 Å². The number of hydrogen-bond acceptors (Lipinski definition) is 1. The van der Waals surface area contributed by atoms with E-state index in [-0.39, 0.29) is 0 Å². The van der Waals surface area contributed by atoms with Crippen LogP contribution >= 0.6 is 0 Å². The number of Topliss-reactive ketones (excluding diaryl/α,β-unsaturated/α-hetero) is 1. The largest absolute Gasteiger partial charge is 0.299 e. The van der Waals surface area contributed by atoms with Gasteiger partial charge in [-0.3, -0.25) is 4.79 Å². The lowest BCUT2D eigenvalue weighted by atomic mass is 9.75. The maximum Gasteiger partial charge on any atom is 0.140 e. The monoisotopic (exact) mass is 212 g/mol. The highest BCUT2D eigenvalue weighted by Crippen LogP contribution is 2.66. The van der Waals surface area contributed by atoms with Crippen LogP contribution in [0.4, 0.5) is 0 Å². The van der Waals surface area contributed by atoms with Crippen LogP contribution in [-0.2, 0) is 4.79 Å². The number of ketones is 1. The third-order valence-corrected chi connectivity index (χ3v) is 6.14. The Morgan fingerprint density at radius 3 is 1.69 bits per heavy atom. The molecule has 0 radical (unpaired) electrons. The normalized spacial score (nSPS) is 63.4. The van der Waals surface area contributed by atoms with Gasteiger partial charge in [-0.2, -0.15) is 0 Å². The van der Waals surface area contributed by atoms with E-state index in [1.54, 1.807) is 0 Å². The van der Waals surface area contributed by atoms with Gasteiger partial charge in [-0.25, -0.2) is 0 Å². The van der Waals surface area contributed by atoms with Gasteiger partial charge in [0, 0.05) is 11.8 Å². The zero-order valence-electron chi connectivity index (χ0n) is 9.25. The topological polar surface area (TPSA) is 17.1 Å². The molecule has 1 nitrogen and oxygen atoms in total. The molecule has 0 saturated heterocycles. The molecule has 16 heavy (non-hydrogen) atoms. The summed E-state index contributed by atoms with van der Waals surface area (Å²) < 4.78 is 0. The summed E-state index contributed by atoms with van der Waals surface area (Å²) in [7, 11) is 0. The molecule has 0 heterocycles. The van der Waals surface area contributed by atoms with E-state index in [0.29, 0.717) is 29.5 Å². The van der Waals surface area contributed by atoms with Crippen molar-refractivity contribution in [1.29, 1.82) is 0 Å². The van der Waals surface area contributed by atoms with Crippen LogP contribution in [0.2, 0.25) is 0 Å². The second kappa shape index (κ2) is 2.37. The van der Waals surface area contributed by atoms with Gasteiger partial charge in [0.1, 0.15) is 5.78 Å². The Morgan fingerprint density at radius 2 is 1.19 bits per heavy atom. The molecular formula is C15H16O. The molecule has 82 valence electrons. The van der Waals surface area contributed by atoms with Gasteiger partial charge in [0.15, 0.2) is 0 Å². The lowest BCUT2D eigenvalue weighted by molar-refractivity contribution is -0.125. The Balaban J connectivity index is 1.67. The highest BCUT2D eigenvalue weighted by Gasteiger charge is 2.65. The fraction of sp³-hybridized carbons (Fsp3) is 0.667.